The average molecular weight is 432 g/mol. The van der Waals surface area contributed by atoms with Crippen molar-refractivity contribution >= 4 is 5.91 Å². The fourth-order valence-electron chi connectivity index (χ4n) is 5.54. The Morgan fingerprint density at radius 3 is 2.66 bits per heavy atom. The molecule has 3 fully saturated rings. The summed E-state index contributed by atoms with van der Waals surface area (Å²) in [4.78, 5) is 22.5. The molecule has 3 aliphatic rings. The lowest BCUT2D eigenvalue weighted by Gasteiger charge is -2.50. The van der Waals surface area contributed by atoms with Gasteiger partial charge in [0.05, 0.1) is 11.3 Å². The van der Waals surface area contributed by atoms with Gasteiger partial charge in [-0.1, -0.05) is 30.3 Å². The van der Waals surface area contributed by atoms with Crippen LogP contribution in [0.25, 0.3) is 0 Å². The van der Waals surface area contributed by atoms with E-state index >= 15 is 0 Å². The van der Waals surface area contributed by atoms with Gasteiger partial charge < -0.3 is 4.90 Å². The van der Waals surface area contributed by atoms with Crippen LogP contribution >= 0.6 is 0 Å². The predicted molar refractivity (Wildman–Crippen MR) is 119 cm³/mol. The Morgan fingerprint density at radius 1 is 1.19 bits per heavy atom. The minimum Gasteiger partial charge on any atom is -0.337 e. The second-order valence-electron chi connectivity index (χ2n) is 9.89. The van der Waals surface area contributed by atoms with Gasteiger partial charge in [-0.15, -0.1) is 0 Å². The lowest BCUT2D eigenvalue weighted by Crippen LogP contribution is -2.61. The topological polar surface area (TPSA) is 82.9 Å². The third-order valence-electron chi connectivity index (χ3n) is 7.30. The van der Waals surface area contributed by atoms with E-state index in [9.17, 15) is 4.79 Å². The summed E-state index contributed by atoms with van der Waals surface area (Å²) < 4.78 is 1.71. The molecule has 8 nitrogen and oxygen atoms in total. The van der Waals surface area contributed by atoms with E-state index in [1.54, 1.807) is 4.68 Å². The zero-order chi connectivity index (χ0) is 21.9. The molecule has 0 bridgehead atoms. The molecule has 8 heteroatoms. The van der Waals surface area contributed by atoms with Crippen molar-refractivity contribution in [2.75, 3.05) is 26.2 Å². The number of nitrogens with one attached hydrogen (secondary N) is 1. The molecule has 1 atom stereocenters. The maximum atomic E-state index is 13.1. The molecule has 166 valence electrons. The summed E-state index contributed by atoms with van der Waals surface area (Å²) in [5, 5.41) is 12.1. The highest BCUT2D eigenvalue weighted by atomic mass is 16.2. The number of amides is 1. The SMILES string of the molecule is Cc1nn(C)cc1C(=O)N1CC2(CN(Cc3ccccc3)CC2c2nc(C3CC3)n[nH]2)C1. The molecule has 4 heterocycles. The van der Waals surface area contributed by atoms with Crippen LogP contribution in [0.3, 0.4) is 0 Å². The van der Waals surface area contributed by atoms with Crippen molar-refractivity contribution in [1.82, 2.24) is 34.8 Å². The zero-order valence-corrected chi connectivity index (χ0v) is 18.7. The summed E-state index contributed by atoms with van der Waals surface area (Å²) in [7, 11) is 1.86. The Morgan fingerprint density at radius 2 is 1.97 bits per heavy atom. The lowest BCUT2D eigenvalue weighted by molar-refractivity contribution is 0.00174. The van der Waals surface area contributed by atoms with Crippen molar-refractivity contribution in [2.24, 2.45) is 12.5 Å². The Bertz CT molecular complexity index is 1140. The molecule has 2 aromatic heterocycles. The molecule has 1 aromatic carbocycles. The number of aromatic nitrogens is 5. The van der Waals surface area contributed by atoms with Crippen LogP contribution in [0.5, 0.6) is 0 Å². The summed E-state index contributed by atoms with van der Waals surface area (Å²) in [6, 6.07) is 10.6. The molecular weight excluding hydrogens is 402 g/mol. The van der Waals surface area contributed by atoms with Crippen LogP contribution in [-0.4, -0.2) is 66.8 Å². The minimum atomic E-state index is 0.0148. The van der Waals surface area contributed by atoms with E-state index in [-0.39, 0.29) is 17.2 Å². The van der Waals surface area contributed by atoms with Gasteiger partial charge in [-0.2, -0.15) is 10.2 Å². The number of rotatable bonds is 5. The molecule has 2 saturated heterocycles. The maximum Gasteiger partial charge on any atom is 0.257 e. The highest BCUT2D eigenvalue weighted by Crippen LogP contribution is 2.49. The van der Waals surface area contributed by atoms with Crippen molar-refractivity contribution in [3.8, 4) is 0 Å². The number of benzene rings is 1. The van der Waals surface area contributed by atoms with Gasteiger partial charge in [-0.3, -0.25) is 19.5 Å². The summed E-state index contributed by atoms with van der Waals surface area (Å²) in [6.45, 7) is 6.20. The summed E-state index contributed by atoms with van der Waals surface area (Å²) in [6.07, 6.45) is 4.22. The molecular formula is C24H29N7O. The first-order valence-corrected chi connectivity index (χ1v) is 11.5. The molecule has 6 rings (SSSR count). The number of aryl methyl sites for hydroxylation is 2. The Kier molecular flexibility index (Phi) is 4.47. The van der Waals surface area contributed by atoms with E-state index < -0.39 is 0 Å². The number of carbonyl (C=O) groups is 1. The van der Waals surface area contributed by atoms with Crippen molar-refractivity contribution in [3.05, 3.63) is 65.0 Å². The highest BCUT2D eigenvalue weighted by Gasteiger charge is 2.57. The van der Waals surface area contributed by atoms with Crippen LogP contribution in [0.4, 0.5) is 0 Å². The first-order valence-electron chi connectivity index (χ1n) is 11.5. The van der Waals surface area contributed by atoms with Crippen molar-refractivity contribution in [3.63, 3.8) is 0 Å². The monoisotopic (exact) mass is 431 g/mol. The molecule has 0 radical (unpaired) electrons. The number of hydrogen-bond acceptors (Lipinski definition) is 5. The maximum absolute atomic E-state index is 13.1. The van der Waals surface area contributed by atoms with Crippen LogP contribution in [0.2, 0.25) is 0 Å². The van der Waals surface area contributed by atoms with Crippen LogP contribution < -0.4 is 0 Å². The number of hydrogen-bond donors (Lipinski definition) is 1. The van der Waals surface area contributed by atoms with Gasteiger partial charge in [0.25, 0.3) is 5.91 Å². The van der Waals surface area contributed by atoms with Crippen molar-refractivity contribution in [1.29, 1.82) is 0 Å². The molecule has 1 unspecified atom stereocenters. The molecule has 1 amide bonds. The van der Waals surface area contributed by atoms with Gasteiger partial charge in [-0.25, -0.2) is 4.98 Å². The van der Waals surface area contributed by atoms with Crippen LogP contribution in [0, 0.1) is 12.3 Å². The number of aromatic amines is 1. The molecule has 2 aliphatic heterocycles. The normalized spacial score (nSPS) is 22.4. The molecule has 1 saturated carbocycles. The molecule has 32 heavy (non-hydrogen) atoms. The van der Waals surface area contributed by atoms with E-state index in [1.807, 2.05) is 25.1 Å². The number of nitrogens with zero attached hydrogens (tertiary/aromatic N) is 6. The predicted octanol–water partition coefficient (Wildman–Crippen LogP) is 2.47. The van der Waals surface area contributed by atoms with Gasteiger partial charge in [0.2, 0.25) is 0 Å². The first-order chi connectivity index (χ1) is 15.5. The Labute approximate surface area is 187 Å². The second-order valence-corrected chi connectivity index (χ2v) is 9.89. The zero-order valence-electron chi connectivity index (χ0n) is 18.7. The molecule has 1 aliphatic carbocycles. The number of H-pyrrole nitrogens is 1. The summed E-state index contributed by atoms with van der Waals surface area (Å²) in [5.41, 5.74) is 2.82. The van der Waals surface area contributed by atoms with Gasteiger partial charge in [0.1, 0.15) is 5.82 Å². The lowest BCUT2D eigenvalue weighted by atomic mass is 9.71. The van der Waals surface area contributed by atoms with Gasteiger partial charge in [0.15, 0.2) is 5.82 Å². The van der Waals surface area contributed by atoms with Gasteiger partial charge >= 0.3 is 0 Å². The van der Waals surface area contributed by atoms with E-state index in [0.717, 1.165) is 50.1 Å². The van der Waals surface area contributed by atoms with Crippen LogP contribution in [-0.2, 0) is 13.6 Å². The third-order valence-corrected chi connectivity index (χ3v) is 7.30. The fraction of sp³-hybridized carbons (Fsp3) is 0.500. The second kappa shape index (κ2) is 7.27. The summed E-state index contributed by atoms with van der Waals surface area (Å²) >= 11 is 0. The standard InChI is InChI=1S/C24H29N7O/c1-16-19(11-29(2)28-16)23(32)31-14-24(15-31)13-30(10-17-6-4-3-5-7-17)12-20(24)22-25-21(26-27-22)18-8-9-18/h3-7,11,18,20H,8-10,12-15H2,1-2H3,(H,25,26,27). The first kappa shape index (κ1) is 19.7. The number of carbonyl (C=O) groups excluding carboxylic acids is 1. The van der Waals surface area contributed by atoms with Gasteiger partial charge in [-0.05, 0) is 25.3 Å². The minimum absolute atomic E-state index is 0.0148. The molecule has 3 aromatic rings. The largest absolute Gasteiger partial charge is 0.337 e. The van der Waals surface area contributed by atoms with Gasteiger partial charge in [0, 0.05) is 63.2 Å². The Hall–Kier alpha value is -3.00. The van der Waals surface area contributed by atoms with Crippen LogP contribution in [0.1, 0.15) is 57.9 Å². The van der Waals surface area contributed by atoms with Crippen LogP contribution in [0.15, 0.2) is 36.5 Å². The molecule has 1 spiro atoms. The smallest absolute Gasteiger partial charge is 0.257 e. The van der Waals surface area contributed by atoms with Crippen molar-refractivity contribution < 1.29 is 4.79 Å². The van der Waals surface area contributed by atoms with Crippen molar-refractivity contribution in [2.45, 2.75) is 38.1 Å². The molecule has 1 N–H and O–H groups in total. The third kappa shape index (κ3) is 3.33. The van der Waals surface area contributed by atoms with E-state index in [0.29, 0.717) is 11.5 Å². The summed E-state index contributed by atoms with van der Waals surface area (Å²) in [5.74, 6) is 2.83. The quantitative estimate of drug-likeness (QED) is 0.671. The van der Waals surface area contributed by atoms with E-state index in [1.165, 1.54) is 18.4 Å². The fourth-order valence-corrected chi connectivity index (χ4v) is 5.54. The highest BCUT2D eigenvalue weighted by molar-refractivity contribution is 5.95. The Balaban J connectivity index is 1.24. The average Bonchev–Trinajstić information content (AvgIpc) is 3.21. The van der Waals surface area contributed by atoms with E-state index in [4.69, 9.17) is 4.98 Å². The van der Waals surface area contributed by atoms with E-state index in [2.05, 4.69) is 50.5 Å². The number of likely N-dealkylation sites (tertiary alicyclic amines) is 2.